The minimum absolute atomic E-state index is 0.110. The third-order valence-corrected chi connectivity index (χ3v) is 3.94. The molecule has 3 rings (SSSR count). The van der Waals surface area contributed by atoms with Crippen molar-refractivity contribution in [3.05, 3.63) is 36.5 Å². The normalized spacial score (nSPS) is 15.8. The molecule has 2 aromatic rings. The maximum Gasteiger partial charge on any atom is 0.326 e. The highest BCUT2D eigenvalue weighted by Crippen LogP contribution is 2.32. The van der Waals surface area contributed by atoms with E-state index in [0.717, 1.165) is 23.7 Å². The van der Waals surface area contributed by atoms with Crippen LogP contribution in [0.1, 0.15) is 19.3 Å². The number of carboxylic acids is 1. The standard InChI is InChI=1S/C16H18N2O3/c19-14(17-15(16(20)21)12-5-6-12)8-10-18-9-7-11-3-1-2-4-13(11)18/h1-4,7,9,12,15H,5-6,8,10H2,(H,17,19)(H,20,21). The van der Waals surface area contributed by atoms with Crippen molar-refractivity contribution < 1.29 is 14.7 Å². The SMILES string of the molecule is O=C(CCn1ccc2ccccc21)NC(C(=O)O)C1CC1. The number of fused-ring (bicyclic) bond motifs is 1. The van der Waals surface area contributed by atoms with E-state index in [1.165, 1.54) is 0 Å². The zero-order valence-electron chi connectivity index (χ0n) is 11.7. The third kappa shape index (κ3) is 3.07. The first-order valence-electron chi connectivity index (χ1n) is 7.21. The number of rotatable bonds is 6. The number of amides is 1. The molecule has 1 aromatic carbocycles. The van der Waals surface area contributed by atoms with Crippen LogP contribution in [0.15, 0.2) is 36.5 Å². The van der Waals surface area contributed by atoms with Crippen molar-refractivity contribution in [1.29, 1.82) is 0 Å². The number of aryl methyl sites for hydroxylation is 1. The number of carbonyl (C=O) groups is 2. The Morgan fingerprint density at radius 1 is 1.29 bits per heavy atom. The van der Waals surface area contributed by atoms with Crippen molar-refractivity contribution in [3.63, 3.8) is 0 Å². The van der Waals surface area contributed by atoms with Crippen molar-refractivity contribution in [1.82, 2.24) is 9.88 Å². The molecule has 21 heavy (non-hydrogen) atoms. The molecule has 1 aliphatic carbocycles. The summed E-state index contributed by atoms with van der Waals surface area (Å²) in [6.45, 7) is 0.552. The fourth-order valence-electron chi connectivity index (χ4n) is 2.61. The van der Waals surface area contributed by atoms with Crippen LogP contribution >= 0.6 is 0 Å². The van der Waals surface area contributed by atoms with Crippen molar-refractivity contribution in [3.8, 4) is 0 Å². The van der Waals surface area contributed by atoms with E-state index in [2.05, 4.69) is 5.32 Å². The number of aliphatic carboxylic acids is 1. The molecule has 0 saturated heterocycles. The highest BCUT2D eigenvalue weighted by Gasteiger charge is 2.37. The lowest BCUT2D eigenvalue weighted by atomic mass is 10.2. The Hall–Kier alpha value is -2.30. The maximum atomic E-state index is 11.9. The van der Waals surface area contributed by atoms with Crippen molar-refractivity contribution in [2.45, 2.75) is 31.8 Å². The van der Waals surface area contributed by atoms with Crippen LogP contribution in [0.3, 0.4) is 0 Å². The van der Waals surface area contributed by atoms with Gasteiger partial charge in [0.25, 0.3) is 0 Å². The third-order valence-electron chi connectivity index (χ3n) is 3.94. The maximum absolute atomic E-state index is 11.9. The summed E-state index contributed by atoms with van der Waals surface area (Å²) in [4.78, 5) is 23.0. The van der Waals surface area contributed by atoms with Crippen LogP contribution < -0.4 is 5.32 Å². The predicted octanol–water partition coefficient (Wildman–Crippen LogP) is 2.01. The summed E-state index contributed by atoms with van der Waals surface area (Å²) < 4.78 is 2.02. The Labute approximate surface area is 122 Å². The van der Waals surface area contributed by atoms with Gasteiger partial charge in [-0.3, -0.25) is 4.79 Å². The summed E-state index contributed by atoms with van der Waals surface area (Å²) in [6.07, 6.45) is 4.02. The van der Waals surface area contributed by atoms with Crippen molar-refractivity contribution in [2.24, 2.45) is 5.92 Å². The average Bonchev–Trinajstić information content (AvgIpc) is 3.22. The fraction of sp³-hybridized carbons (Fsp3) is 0.375. The van der Waals surface area contributed by atoms with Crippen LogP contribution in [-0.4, -0.2) is 27.6 Å². The fourth-order valence-corrected chi connectivity index (χ4v) is 2.61. The van der Waals surface area contributed by atoms with E-state index in [0.29, 0.717) is 6.54 Å². The molecule has 1 amide bonds. The van der Waals surface area contributed by atoms with Crippen molar-refractivity contribution >= 4 is 22.8 Å². The Bertz CT molecular complexity index is 673. The molecule has 0 aliphatic heterocycles. The lowest BCUT2D eigenvalue weighted by Crippen LogP contribution is -2.42. The van der Waals surface area contributed by atoms with E-state index < -0.39 is 12.0 Å². The first-order valence-corrected chi connectivity index (χ1v) is 7.21. The van der Waals surface area contributed by atoms with Crippen LogP contribution in [0.2, 0.25) is 0 Å². The Morgan fingerprint density at radius 3 is 2.76 bits per heavy atom. The molecule has 1 aromatic heterocycles. The zero-order chi connectivity index (χ0) is 14.8. The Balaban J connectivity index is 1.59. The topological polar surface area (TPSA) is 71.3 Å². The summed E-state index contributed by atoms with van der Waals surface area (Å²) in [6, 6.07) is 9.27. The van der Waals surface area contributed by atoms with Gasteiger partial charge in [-0.05, 0) is 36.3 Å². The zero-order valence-corrected chi connectivity index (χ0v) is 11.7. The van der Waals surface area contributed by atoms with Crippen LogP contribution in [0.5, 0.6) is 0 Å². The average molecular weight is 286 g/mol. The molecule has 2 N–H and O–H groups in total. The van der Waals surface area contributed by atoms with Gasteiger partial charge in [0.2, 0.25) is 5.91 Å². The molecule has 5 nitrogen and oxygen atoms in total. The van der Waals surface area contributed by atoms with Gasteiger partial charge in [-0.1, -0.05) is 18.2 Å². The first kappa shape index (κ1) is 13.7. The molecule has 1 fully saturated rings. The van der Waals surface area contributed by atoms with Gasteiger partial charge in [-0.25, -0.2) is 4.79 Å². The van der Waals surface area contributed by atoms with Crippen LogP contribution in [0.25, 0.3) is 10.9 Å². The second kappa shape index (κ2) is 5.60. The highest BCUT2D eigenvalue weighted by molar-refractivity contribution is 5.84. The van der Waals surface area contributed by atoms with Crippen LogP contribution in [-0.2, 0) is 16.1 Å². The number of carboxylic acid groups (broad SMARTS) is 1. The second-order valence-electron chi connectivity index (χ2n) is 5.54. The molecule has 0 spiro atoms. The molecular formula is C16H18N2O3. The Morgan fingerprint density at radius 2 is 2.05 bits per heavy atom. The number of nitrogens with zero attached hydrogens (tertiary/aromatic N) is 1. The molecule has 1 atom stereocenters. The lowest BCUT2D eigenvalue weighted by Gasteiger charge is -2.13. The minimum atomic E-state index is -0.933. The van der Waals surface area contributed by atoms with E-state index >= 15 is 0 Å². The molecular weight excluding hydrogens is 268 g/mol. The largest absolute Gasteiger partial charge is 0.480 e. The van der Waals surface area contributed by atoms with Gasteiger partial charge in [-0.15, -0.1) is 0 Å². The monoisotopic (exact) mass is 286 g/mol. The van der Waals surface area contributed by atoms with Crippen LogP contribution in [0, 0.1) is 5.92 Å². The van der Waals surface area contributed by atoms with Gasteiger partial charge >= 0.3 is 5.97 Å². The van der Waals surface area contributed by atoms with Gasteiger partial charge in [0.15, 0.2) is 0 Å². The van der Waals surface area contributed by atoms with E-state index in [4.69, 9.17) is 5.11 Å². The van der Waals surface area contributed by atoms with E-state index in [-0.39, 0.29) is 18.2 Å². The lowest BCUT2D eigenvalue weighted by molar-refractivity contribution is -0.142. The number of para-hydroxylation sites is 1. The number of hydrogen-bond acceptors (Lipinski definition) is 2. The molecule has 0 radical (unpaired) electrons. The second-order valence-corrected chi connectivity index (χ2v) is 5.54. The predicted molar refractivity (Wildman–Crippen MR) is 78.8 cm³/mol. The number of hydrogen-bond donors (Lipinski definition) is 2. The van der Waals surface area contributed by atoms with Gasteiger partial charge in [-0.2, -0.15) is 0 Å². The molecule has 1 unspecified atom stereocenters. The number of carbonyl (C=O) groups excluding carboxylic acids is 1. The Kier molecular flexibility index (Phi) is 3.64. The summed E-state index contributed by atoms with van der Waals surface area (Å²) in [5, 5.41) is 12.9. The van der Waals surface area contributed by atoms with Gasteiger partial charge in [0, 0.05) is 24.7 Å². The van der Waals surface area contributed by atoms with Gasteiger partial charge in [0.1, 0.15) is 6.04 Å². The van der Waals surface area contributed by atoms with Gasteiger partial charge in [0.05, 0.1) is 0 Å². The van der Waals surface area contributed by atoms with Gasteiger partial charge < -0.3 is 15.0 Å². The summed E-state index contributed by atoms with van der Waals surface area (Å²) in [5.74, 6) is -1.02. The van der Waals surface area contributed by atoms with Crippen molar-refractivity contribution in [2.75, 3.05) is 0 Å². The summed E-state index contributed by atoms with van der Waals surface area (Å²) in [5.41, 5.74) is 1.09. The summed E-state index contributed by atoms with van der Waals surface area (Å²) >= 11 is 0. The number of benzene rings is 1. The molecule has 5 heteroatoms. The number of nitrogens with one attached hydrogen (secondary N) is 1. The highest BCUT2D eigenvalue weighted by atomic mass is 16.4. The molecule has 110 valence electrons. The first-order chi connectivity index (χ1) is 10.1. The number of aromatic nitrogens is 1. The smallest absolute Gasteiger partial charge is 0.326 e. The van der Waals surface area contributed by atoms with E-state index in [1.54, 1.807) is 0 Å². The van der Waals surface area contributed by atoms with E-state index in [1.807, 2.05) is 41.1 Å². The van der Waals surface area contributed by atoms with Crippen LogP contribution in [0.4, 0.5) is 0 Å². The molecule has 0 bridgehead atoms. The molecule has 1 aliphatic rings. The minimum Gasteiger partial charge on any atom is -0.480 e. The molecule has 1 heterocycles. The quantitative estimate of drug-likeness (QED) is 0.853. The van der Waals surface area contributed by atoms with E-state index in [9.17, 15) is 9.59 Å². The molecule has 1 saturated carbocycles. The summed E-state index contributed by atoms with van der Waals surface area (Å²) in [7, 11) is 0.